The molecule has 0 aliphatic heterocycles. The van der Waals surface area contributed by atoms with Crippen LogP contribution >= 0.6 is 0 Å². The van der Waals surface area contributed by atoms with Crippen molar-refractivity contribution in [2.75, 3.05) is 5.32 Å². The molecule has 0 radical (unpaired) electrons. The van der Waals surface area contributed by atoms with E-state index in [2.05, 4.69) is 15.3 Å². The molecule has 1 heterocycles. The first kappa shape index (κ1) is 13.1. The Kier molecular flexibility index (Phi) is 3.28. The Morgan fingerprint density at radius 1 is 1.26 bits per heavy atom. The molecule has 0 spiro atoms. The number of nitrogens with zero attached hydrogens (tertiary/aromatic N) is 1. The number of aryl methyl sites for hydroxylation is 1. The van der Waals surface area contributed by atoms with Crippen molar-refractivity contribution >= 4 is 11.6 Å². The minimum Gasteiger partial charge on any atom is -0.338 e. The standard InChI is InChI=1S/C12H10F3N3O/c1-7-16-6-10(17-7)11(19)18-9-4-2-8(3-5-9)12(13,14)15/h2-6H,1H3,(H,16,17)(H,18,19). The summed E-state index contributed by atoms with van der Waals surface area (Å²) in [5.41, 5.74) is -0.231. The Balaban J connectivity index is 2.10. The van der Waals surface area contributed by atoms with Crippen LogP contribution in [0.25, 0.3) is 0 Å². The number of rotatable bonds is 2. The minimum atomic E-state index is -4.39. The van der Waals surface area contributed by atoms with Crippen LogP contribution in [0.4, 0.5) is 18.9 Å². The van der Waals surface area contributed by atoms with E-state index in [1.165, 1.54) is 18.3 Å². The molecule has 2 rings (SSSR count). The van der Waals surface area contributed by atoms with Gasteiger partial charge in [-0.25, -0.2) is 4.98 Å². The van der Waals surface area contributed by atoms with Gasteiger partial charge in [0.25, 0.3) is 5.91 Å². The number of carbonyl (C=O) groups excluding carboxylic acids is 1. The highest BCUT2D eigenvalue weighted by molar-refractivity contribution is 6.02. The largest absolute Gasteiger partial charge is 0.416 e. The summed E-state index contributed by atoms with van der Waals surface area (Å²) in [6.07, 6.45) is -3.03. The molecule has 100 valence electrons. The van der Waals surface area contributed by atoms with Crippen LogP contribution in [-0.2, 0) is 6.18 Å². The van der Waals surface area contributed by atoms with Crippen molar-refractivity contribution in [1.29, 1.82) is 0 Å². The molecule has 2 aromatic rings. The predicted octanol–water partition coefficient (Wildman–Crippen LogP) is 2.99. The maximum atomic E-state index is 12.3. The zero-order valence-corrected chi connectivity index (χ0v) is 9.88. The molecule has 1 amide bonds. The van der Waals surface area contributed by atoms with Crippen LogP contribution in [0.1, 0.15) is 21.9 Å². The van der Waals surface area contributed by atoms with Gasteiger partial charge in [-0.2, -0.15) is 13.2 Å². The molecule has 0 atom stereocenters. The molecule has 0 unspecified atom stereocenters. The second kappa shape index (κ2) is 4.75. The summed E-state index contributed by atoms with van der Waals surface area (Å²) in [5.74, 6) is 0.123. The Morgan fingerprint density at radius 2 is 1.89 bits per heavy atom. The highest BCUT2D eigenvalue weighted by Crippen LogP contribution is 2.29. The van der Waals surface area contributed by atoms with E-state index in [-0.39, 0.29) is 11.4 Å². The molecule has 2 N–H and O–H groups in total. The lowest BCUT2D eigenvalue weighted by Crippen LogP contribution is -2.12. The highest BCUT2D eigenvalue weighted by atomic mass is 19.4. The molecule has 0 aliphatic rings. The zero-order chi connectivity index (χ0) is 14.0. The first-order valence-electron chi connectivity index (χ1n) is 5.36. The average molecular weight is 269 g/mol. The maximum Gasteiger partial charge on any atom is 0.416 e. The van der Waals surface area contributed by atoms with Crippen LogP contribution in [0.2, 0.25) is 0 Å². The summed E-state index contributed by atoms with van der Waals surface area (Å²) in [6.45, 7) is 1.69. The molecule has 19 heavy (non-hydrogen) atoms. The van der Waals surface area contributed by atoms with Crippen molar-refractivity contribution in [1.82, 2.24) is 9.97 Å². The molecule has 4 nitrogen and oxygen atoms in total. The molecule has 0 saturated heterocycles. The molecule has 7 heteroatoms. The number of hydrogen-bond acceptors (Lipinski definition) is 2. The van der Waals surface area contributed by atoms with Crippen LogP contribution < -0.4 is 5.32 Å². The molecule has 1 aromatic heterocycles. The second-order valence-electron chi connectivity index (χ2n) is 3.91. The fourth-order valence-corrected chi connectivity index (χ4v) is 1.48. The van der Waals surface area contributed by atoms with Crippen LogP contribution in [0, 0.1) is 6.92 Å². The van der Waals surface area contributed by atoms with E-state index in [1.807, 2.05) is 0 Å². The topological polar surface area (TPSA) is 57.8 Å². The summed E-state index contributed by atoms with van der Waals surface area (Å²) in [4.78, 5) is 18.3. The summed E-state index contributed by atoms with van der Waals surface area (Å²) < 4.78 is 37.0. The van der Waals surface area contributed by atoms with Crippen LogP contribution in [0.15, 0.2) is 30.5 Å². The van der Waals surface area contributed by atoms with Crippen molar-refractivity contribution in [3.63, 3.8) is 0 Å². The number of halogens is 3. The van der Waals surface area contributed by atoms with Crippen LogP contribution in [0.3, 0.4) is 0 Å². The number of hydrogen-bond donors (Lipinski definition) is 2. The summed E-state index contributed by atoms with van der Waals surface area (Å²) >= 11 is 0. The Labute approximate surface area is 106 Å². The van der Waals surface area contributed by atoms with E-state index in [9.17, 15) is 18.0 Å². The molecule has 0 fully saturated rings. The Bertz CT molecular complexity index is 587. The van der Waals surface area contributed by atoms with Crippen molar-refractivity contribution < 1.29 is 18.0 Å². The summed E-state index contributed by atoms with van der Waals surface area (Å²) in [7, 11) is 0. The lowest BCUT2D eigenvalue weighted by molar-refractivity contribution is -0.137. The number of benzene rings is 1. The van der Waals surface area contributed by atoms with Gasteiger partial charge in [0.05, 0.1) is 11.8 Å². The first-order chi connectivity index (χ1) is 8.86. The van der Waals surface area contributed by atoms with Gasteiger partial charge in [-0.15, -0.1) is 0 Å². The third kappa shape index (κ3) is 3.12. The minimum absolute atomic E-state index is 0.248. The van der Waals surface area contributed by atoms with Gasteiger partial charge < -0.3 is 10.3 Å². The lowest BCUT2D eigenvalue weighted by atomic mass is 10.2. The van der Waals surface area contributed by atoms with Gasteiger partial charge in [-0.05, 0) is 31.2 Å². The van der Waals surface area contributed by atoms with Gasteiger partial charge in [0, 0.05) is 5.69 Å². The summed E-state index contributed by atoms with van der Waals surface area (Å²) in [5, 5.41) is 2.47. The van der Waals surface area contributed by atoms with Crippen molar-refractivity contribution in [2.24, 2.45) is 0 Å². The smallest absolute Gasteiger partial charge is 0.338 e. The number of aromatic nitrogens is 2. The van der Waals surface area contributed by atoms with E-state index >= 15 is 0 Å². The van der Waals surface area contributed by atoms with Gasteiger partial charge in [-0.3, -0.25) is 4.79 Å². The highest BCUT2D eigenvalue weighted by Gasteiger charge is 2.29. The molecular weight excluding hydrogens is 259 g/mol. The number of imidazole rings is 1. The lowest BCUT2D eigenvalue weighted by Gasteiger charge is -2.08. The van der Waals surface area contributed by atoms with Gasteiger partial charge in [0.15, 0.2) is 0 Å². The molecule has 0 aliphatic carbocycles. The average Bonchev–Trinajstić information content (AvgIpc) is 2.75. The zero-order valence-electron chi connectivity index (χ0n) is 9.88. The fraction of sp³-hybridized carbons (Fsp3) is 0.167. The van der Waals surface area contributed by atoms with Crippen LogP contribution in [-0.4, -0.2) is 15.9 Å². The van der Waals surface area contributed by atoms with E-state index < -0.39 is 17.6 Å². The number of anilines is 1. The fourth-order valence-electron chi connectivity index (χ4n) is 1.48. The third-order valence-electron chi connectivity index (χ3n) is 2.42. The second-order valence-corrected chi connectivity index (χ2v) is 3.91. The number of nitrogens with one attached hydrogen (secondary N) is 2. The SMILES string of the molecule is Cc1ncc(C(=O)Nc2ccc(C(F)(F)F)cc2)[nH]1. The van der Waals surface area contributed by atoms with Crippen molar-refractivity contribution in [3.8, 4) is 0 Å². The van der Waals surface area contributed by atoms with Crippen molar-refractivity contribution in [3.05, 3.63) is 47.5 Å². The number of H-pyrrole nitrogens is 1. The summed E-state index contributed by atoms with van der Waals surface area (Å²) in [6, 6.07) is 4.22. The van der Waals surface area contributed by atoms with E-state index in [1.54, 1.807) is 6.92 Å². The Morgan fingerprint density at radius 3 is 2.37 bits per heavy atom. The van der Waals surface area contributed by atoms with Crippen LogP contribution in [0.5, 0.6) is 0 Å². The third-order valence-corrected chi connectivity index (χ3v) is 2.42. The normalized spacial score (nSPS) is 11.4. The Hall–Kier alpha value is -2.31. The van der Waals surface area contributed by atoms with Gasteiger partial charge >= 0.3 is 6.18 Å². The molecule has 0 bridgehead atoms. The number of alkyl halides is 3. The number of amides is 1. The number of carbonyl (C=O) groups is 1. The van der Waals surface area contributed by atoms with E-state index in [0.717, 1.165) is 12.1 Å². The monoisotopic (exact) mass is 269 g/mol. The number of aromatic amines is 1. The predicted molar refractivity (Wildman–Crippen MR) is 62.7 cm³/mol. The van der Waals surface area contributed by atoms with E-state index in [4.69, 9.17) is 0 Å². The van der Waals surface area contributed by atoms with Gasteiger partial charge in [0.1, 0.15) is 11.5 Å². The first-order valence-corrected chi connectivity index (χ1v) is 5.36. The van der Waals surface area contributed by atoms with Gasteiger partial charge in [-0.1, -0.05) is 0 Å². The molecular formula is C12H10F3N3O. The van der Waals surface area contributed by atoms with E-state index in [0.29, 0.717) is 5.82 Å². The maximum absolute atomic E-state index is 12.3. The van der Waals surface area contributed by atoms with Crippen molar-refractivity contribution in [2.45, 2.75) is 13.1 Å². The van der Waals surface area contributed by atoms with Gasteiger partial charge in [0.2, 0.25) is 0 Å². The molecule has 1 aromatic carbocycles. The molecule has 0 saturated carbocycles. The quantitative estimate of drug-likeness (QED) is 0.880.